The Morgan fingerprint density at radius 2 is 1.82 bits per heavy atom. The van der Waals surface area contributed by atoms with E-state index in [-0.39, 0.29) is 6.04 Å². The van der Waals surface area contributed by atoms with Gasteiger partial charge in [-0.2, -0.15) is 11.8 Å². The lowest BCUT2D eigenvalue weighted by Crippen LogP contribution is -2.32. The predicted molar refractivity (Wildman–Crippen MR) is 138 cm³/mol. The molecule has 2 fully saturated rings. The van der Waals surface area contributed by atoms with E-state index in [0.29, 0.717) is 11.1 Å². The largest absolute Gasteiger partial charge is 0.381 e. The summed E-state index contributed by atoms with van der Waals surface area (Å²) >= 11 is 8.46. The fraction of sp³-hybridized carbons (Fsp3) is 0.385. The summed E-state index contributed by atoms with van der Waals surface area (Å²) in [7, 11) is 0. The van der Waals surface area contributed by atoms with E-state index in [9.17, 15) is 0 Å². The molecule has 5 nitrogen and oxygen atoms in total. The van der Waals surface area contributed by atoms with E-state index >= 15 is 0 Å². The minimum atomic E-state index is 0.148. The normalized spacial score (nSPS) is 18.8. The maximum Gasteiger partial charge on any atom is 0.144 e. The van der Waals surface area contributed by atoms with Gasteiger partial charge in [-0.1, -0.05) is 41.9 Å². The molecule has 2 aliphatic heterocycles. The molecule has 0 radical (unpaired) electrons. The highest BCUT2D eigenvalue weighted by Gasteiger charge is 2.31. The van der Waals surface area contributed by atoms with Gasteiger partial charge in [0.15, 0.2) is 0 Å². The molecule has 1 atom stereocenters. The van der Waals surface area contributed by atoms with Crippen LogP contribution >= 0.6 is 23.4 Å². The van der Waals surface area contributed by atoms with E-state index in [2.05, 4.69) is 51.9 Å². The van der Waals surface area contributed by atoms with Gasteiger partial charge in [0.2, 0.25) is 0 Å². The number of thioether (sulfide) groups is 1. The van der Waals surface area contributed by atoms with Gasteiger partial charge in [0, 0.05) is 43.2 Å². The highest BCUT2D eigenvalue weighted by Crippen LogP contribution is 2.40. The van der Waals surface area contributed by atoms with Gasteiger partial charge in [0.1, 0.15) is 10.8 Å². The monoisotopic (exact) mass is 478 g/mol. The van der Waals surface area contributed by atoms with Crippen LogP contribution in [-0.2, 0) is 4.74 Å². The first kappa shape index (κ1) is 21.3. The lowest BCUT2D eigenvalue weighted by Gasteiger charge is -2.33. The van der Waals surface area contributed by atoms with Gasteiger partial charge in [0.25, 0.3) is 0 Å². The fourth-order valence-corrected chi connectivity index (χ4v) is 6.38. The lowest BCUT2D eigenvalue weighted by atomic mass is 9.86. The molecule has 0 bridgehead atoms. The first-order valence-electron chi connectivity index (χ1n) is 11.7. The first-order valence-corrected chi connectivity index (χ1v) is 13.2. The Hall–Kier alpha value is -2.28. The fourth-order valence-electron chi connectivity index (χ4n) is 5.33. The summed E-state index contributed by atoms with van der Waals surface area (Å²) in [6.07, 6.45) is 4.08. The number of hydrogen-bond donors (Lipinski definition) is 0. The number of fused-ring (bicyclic) bond motifs is 3. The van der Waals surface area contributed by atoms with Gasteiger partial charge in [-0.3, -0.25) is 4.98 Å². The summed E-state index contributed by atoms with van der Waals surface area (Å²) in [4.78, 5) is 12.3. The van der Waals surface area contributed by atoms with Crippen LogP contribution in [0, 0.1) is 5.92 Å². The van der Waals surface area contributed by atoms with Crippen molar-refractivity contribution >= 4 is 51.1 Å². The Bertz CT molecular complexity index is 1270. The van der Waals surface area contributed by atoms with Crippen LogP contribution in [0.1, 0.15) is 24.4 Å². The molecule has 4 aromatic rings. The SMILES string of the molecule is Clc1ccc2c3ncc(N4CCSCC4)cc3n([C@H](c3ccccc3)C3CCOCC3)c2n1. The predicted octanol–water partition coefficient (Wildman–Crippen LogP) is 5.81. The molecule has 5 heterocycles. The van der Waals surface area contributed by atoms with Gasteiger partial charge >= 0.3 is 0 Å². The number of benzene rings is 1. The number of hydrogen-bond acceptors (Lipinski definition) is 5. The zero-order valence-corrected chi connectivity index (χ0v) is 20.1. The maximum atomic E-state index is 6.43. The van der Waals surface area contributed by atoms with Gasteiger partial charge in [0.05, 0.1) is 29.0 Å². The number of nitrogens with zero attached hydrogens (tertiary/aromatic N) is 4. The number of pyridine rings is 2. The Morgan fingerprint density at radius 1 is 1.03 bits per heavy atom. The van der Waals surface area contributed by atoms with E-state index in [0.717, 1.165) is 72.7 Å². The molecule has 0 spiro atoms. The van der Waals surface area contributed by atoms with Gasteiger partial charge in [-0.15, -0.1) is 0 Å². The Morgan fingerprint density at radius 3 is 2.61 bits per heavy atom. The second kappa shape index (κ2) is 9.16. The average Bonchev–Trinajstić information content (AvgIpc) is 3.19. The second-order valence-corrected chi connectivity index (χ2v) is 10.5. The number of ether oxygens (including phenoxy) is 1. The maximum absolute atomic E-state index is 6.43. The number of aromatic nitrogens is 3. The van der Waals surface area contributed by atoms with Gasteiger partial charge < -0.3 is 14.2 Å². The quantitative estimate of drug-likeness (QED) is 0.346. The van der Waals surface area contributed by atoms with Crippen LogP contribution < -0.4 is 4.90 Å². The molecule has 33 heavy (non-hydrogen) atoms. The summed E-state index contributed by atoms with van der Waals surface area (Å²) in [6.45, 7) is 3.72. The highest BCUT2D eigenvalue weighted by molar-refractivity contribution is 7.99. The molecule has 2 saturated heterocycles. The Kier molecular flexibility index (Phi) is 5.91. The third kappa shape index (κ3) is 3.98. The van der Waals surface area contributed by atoms with Crippen molar-refractivity contribution in [2.75, 3.05) is 42.7 Å². The molecule has 2 aliphatic rings. The molecule has 1 aromatic carbocycles. The average molecular weight is 479 g/mol. The van der Waals surface area contributed by atoms with Crippen molar-refractivity contribution in [2.24, 2.45) is 5.92 Å². The molecular weight excluding hydrogens is 452 g/mol. The molecule has 0 amide bonds. The molecule has 0 aliphatic carbocycles. The molecular formula is C26H27ClN4OS. The summed E-state index contributed by atoms with van der Waals surface area (Å²) in [6, 6.07) is 17.2. The van der Waals surface area contributed by atoms with Crippen LogP contribution in [0.3, 0.4) is 0 Å². The standard InChI is InChI=1S/C26H27ClN4OS/c27-23-7-6-21-24-22(16-20(17-28-24)30-10-14-33-15-11-30)31(26(21)29-23)25(18-4-2-1-3-5-18)19-8-12-32-13-9-19/h1-7,16-17,19,25H,8-15H2/t25-/m1/s1. The summed E-state index contributed by atoms with van der Waals surface area (Å²) in [5.41, 5.74) is 5.53. The molecule has 170 valence electrons. The van der Waals surface area contributed by atoms with Crippen LogP contribution in [0.5, 0.6) is 0 Å². The highest BCUT2D eigenvalue weighted by atomic mass is 35.5. The number of halogens is 1. The van der Waals surface area contributed by atoms with Crippen molar-refractivity contribution in [1.82, 2.24) is 14.5 Å². The summed E-state index contributed by atoms with van der Waals surface area (Å²) in [5, 5.41) is 1.57. The van der Waals surface area contributed by atoms with Crippen LogP contribution in [0.2, 0.25) is 5.15 Å². The van der Waals surface area contributed by atoms with Crippen molar-refractivity contribution in [2.45, 2.75) is 18.9 Å². The molecule has 0 unspecified atom stereocenters. The van der Waals surface area contributed by atoms with E-state index in [1.807, 2.05) is 24.0 Å². The van der Waals surface area contributed by atoms with Crippen molar-refractivity contribution in [3.8, 4) is 0 Å². The zero-order valence-electron chi connectivity index (χ0n) is 18.5. The van der Waals surface area contributed by atoms with Crippen LogP contribution in [-0.4, -0.2) is 52.3 Å². The van der Waals surface area contributed by atoms with E-state index in [1.54, 1.807) is 0 Å². The zero-order chi connectivity index (χ0) is 22.2. The van der Waals surface area contributed by atoms with Crippen LogP contribution in [0.25, 0.3) is 22.1 Å². The number of rotatable bonds is 4. The minimum Gasteiger partial charge on any atom is -0.381 e. The first-order chi connectivity index (χ1) is 16.3. The molecule has 6 rings (SSSR count). The van der Waals surface area contributed by atoms with Crippen molar-refractivity contribution in [1.29, 1.82) is 0 Å². The van der Waals surface area contributed by atoms with Crippen molar-refractivity contribution < 1.29 is 4.74 Å². The second-order valence-electron chi connectivity index (χ2n) is 8.84. The van der Waals surface area contributed by atoms with Gasteiger partial charge in [-0.05, 0) is 42.5 Å². The molecule has 7 heteroatoms. The third-order valence-electron chi connectivity index (χ3n) is 6.95. The summed E-state index contributed by atoms with van der Waals surface area (Å²) < 4.78 is 8.14. The van der Waals surface area contributed by atoms with Crippen LogP contribution in [0.15, 0.2) is 54.7 Å². The van der Waals surface area contributed by atoms with Gasteiger partial charge in [-0.25, -0.2) is 4.98 Å². The Balaban J connectivity index is 1.60. The smallest absolute Gasteiger partial charge is 0.144 e. The van der Waals surface area contributed by atoms with E-state index in [1.165, 1.54) is 11.3 Å². The third-order valence-corrected chi connectivity index (χ3v) is 8.10. The van der Waals surface area contributed by atoms with Crippen molar-refractivity contribution in [3.05, 3.63) is 65.4 Å². The van der Waals surface area contributed by atoms with Crippen molar-refractivity contribution in [3.63, 3.8) is 0 Å². The molecule has 3 aromatic heterocycles. The minimum absolute atomic E-state index is 0.148. The van der Waals surface area contributed by atoms with E-state index < -0.39 is 0 Å². The summed E-state index contributed by atoms with van der Waals surface area (Å²) in [5.74, 6) is 2.77. The lowest BCUT2D eigenvalue weighted by molar-refractivity contribution is 0.0552. The molecule has 0 saturated carbocycles. The molecule has 0 N–H and O–H groups in total. The number of anilines is 1. The topological polar surface area (TPSA) is 43.2 Å². The Labute approximate surface area is 203 Å². The van der Waals surface area contributed by atoms with E-state index in [4.69, 9.17) is 26.3 Å². The van der Waals surface area contributed by atoms with Crippen LogP contribution in [0.4, 0.5) is 5.69 Å².